The van der Waals surface area contributed by atoms with Gasteiger partial charge in [0.15, 0.2) is 0 Å². The first-order valence-electron chi connectivity index (χ1n) is 7.05. The Bertz CT molecular complexity index is 533. The second-order valence-corrected chi connectivity index (χ2v) is 5.77. The Morgan fingerprint density at radius 1 is 1.25 bits per heavy atom. The predicted octanol–water partition coefficient (Wildman–Crippen LogP) is 4.01. The lowest BCUT2D eigenvalue weighted by atomic mass is 10.0. The number of benzene rings is 1. The van der Waals surface area contributed by atoms with Crippen LogP contribution in [0.15, 0.2) is 47.3 Å². The summed E-state index contributed by atoms with van der Waals surface area (Å²) in [5.41, 5.74) is 2.37. The Labute approximate surface area is 124 Å². The van der Waals surface area contributed by atoms with E-state index in [2.05, 4.69) is 16.3 Å². The van der Waals surface area contributed by atoms with E-state index in [-0.39, 0.29) is 0 Å². The largest absolute Gasteiger partial charge is 0.472 e. The number of hydrogen-bond donors (Lipinski definition) is 1. The van der Waals surface area contributed by atoms with Crippen molar-refractivity contribution < 1.29 is 4.42 Å². The SMILES string of the molecule is Clc1cccc(NC2CCN(Cc3ccoc3)CC2)c1. The minimum atomic E-state index is 0.536. The van der Waals surface area contributed by atoms with Crippen molar-refractivity contribution in [3.8, 4) is 0 Å². The Hall–Kier alpha value is -1.45. The molecule has 1 aromatic heterocycles. The highest BCUT2D eigenvalue weighted by Gasteiger charge is 2.19. The fraction of sp³-hybridized carbons (Fsp3) is 0.375. The molecular formula is C16H19ClN2O. The van der Waals surface area contributed by atoms with E-state index in [0.717, 1.165) is 43.2 Å². The van der Waals surface area contributed by atoms with E-state index in [1.165, 1.54) is 5.56 Å². The van der Waals surface area contributed by atoms with Gasteiger partial charge in [-0.05, 0) is 37.1 Å². The van der Waals surface area contributed by atoms with E-state index < -0.39 is 0 Å². The summed E-state index contributed by atoms with van der Waals surface area (Å²) in [4.78, 5) is 2.47. The van der Waals surface area contributed by atoms with Crippen LogP contribution in [-0.4, -0.2) is 24.0 Å². The summed E-state index contributed by atoms with van der Waals surface area (Å²) in [6, 6.07) is 10.5. The average Bonchev–Trinajstić information content (AvgIpc) is 2.94. The maximum Gasteiger partial charge on any atom is 0.0947 e. The first kappa shape index (κ1) is 13.5. The molecule has 3 nitrogen and oxygen atoms in total. The first-order chi connectivity index (χ1) is 9.79. The van der Waals surface area contributed by atoms with Gasteiger partial charge < -0.3 is 9.73 Å². The van der Waals surface area contributed by atoms with Crippen LogP contribution in [0.5, 0.6) is 0 Å². The molecule has 106 valence electrons. The molecular weight excluding hydrogens is 272 g/mol. The molecule has 0 unspecified atom stereocenters. The number of rotatable bonds is 4. The van der Waals surface area contributed by atoms with Gasteiger partial charge in [0.1, 0.15) is 0 Å². The van der Waals surface area contributed by atoms with E-state index in [4.69, 9.17) is 16.0 Å². The zero-order valence-electron chi connectivity index (χ0n) is 11.4. The zero-order chi connectivity index (χ0) is 13.8. The second-order valence-electron chi connectivity index (χ2n) is 5.34. The van der Waals surface area contributed by atoms with Crippen LogP contribution in [-0.2, 0) is 6.54 Å². The maximum atomic E-state index is 6.01. The van der Waals surface area contributed by atoms with Gasteiger partial charge in [0.2, 0.25) is 0 Å². The van der Waals surface area contributed by atoms with Crippen LogP contribution in [0.4, 0.5) is 5.69 Å². The fourth-order valence-electron chi connectivity index (χ4n) is 2.69. The summed E-state index contributed by atoms with van der Waals surface area (Å²) in [6.45, 7) is 3.22. The van der Waals surface area contributed by atoms with E-state index in [9.17, 15) is 0 Å². The molecule has 2 aromatic rings. The number of furan rings is 1. The molecule has 3 rings (SSSR count). The predicted molar refractivity (Wildman–Crippen MR) is 82.1 cm³/mol. The van der Waals surface area contributed by atoms with E-state index in [1.807, 2.05) is 30.5 Å². The molecule has 0 amide bonds. The topological polar surface area (TPSA) is 28.4 Å². The minimum Gasteiger partial charge on any atom is -0.472 e. The van der Waals surface area contributed by atoms with Crippen LogP contribution < -0.4 is 5.32 Å². The van der Waals surface area contributed by atoms with Crippen LogP contribution in [0.2, 0.25) is 5.02 Å². The molecule has 2 heterocycles. The van der Waals surface area contributed by atoms with Gasteiger partial charge >= 0.3 is 0 Å². The van der Waals surface area contributed by atoms with Gasteiger partial charge in [0, 0.05) is 41.9 Å². The summed E-state index contributed by atoms with van der Waals surface area (Å²) in [6.07, 6.45) is 5.88. The molecule has 1 aliphatic rings. The monoisotopic (exact) mass is 290 g/mol. The minimum absolute atomic E-state index is 0.536. The molecule has 0 spiro atoms. The van der Waals surface area contributed by atoms with Gasteiger partial charge in [-0.1, -0.05) is 17.7 Å². The van der Waals surface area contributed by atoms with Crippen LogP contribution in [0.1, 0.15) is 18.4 Å². The normalized spacial score (nSPS) is 17.2. The smallest absolute Gasteiger partial charge is 0.0947 e. The molecule has 20 heavy (non-hydrogen) atoms. The van der Waals surface area contributed by atoms with Gasteiger partial charge in [0.25, 0.3) is 0 Å². The number of hydrogen-bond acceptors (Lipinski definition) is 3. The van der Waals surface area contributed by atoms with Crippen molar-refractivity contribution >= 4 is 17.3 Å². The quantitative estimate of drug-likeness (QED) is 0.922. The molecule has 1 aromatic carbocycles. The number of nitrogens with zero attached hydrogens (tertiary/aromatic N) is 1. The van der Waals surface area contributed by atoms with Crippen molar-refractivity contribution in [3.05, 3.63) is 53.4 Å². The van der Waals surface area contributed by atoms with Crippen molar-refractivity contribution in [2.45, 2.75) is 25.4 Å². The molecule has 0 bridgehead atoms. The standard InChI is InChI=1S/C16H19ClN2O/c17-14-2-1-3-16(10-14)18-15-4-7-19(8-5-15)11-13-6-9-20-12-13/h1-3,6,9-10,12,15,18H,4-5,7-8,11H2. The van der Waals surface area contributed by atoms with Gasteiger partial charge in [-0.3, -0.25) is 4.90 Å². The van der Waals surface area contributed by atoms with Crippen LogP contribution in [0.25, 0.3) is 0 Å². The Balaban J connectivity index is 1.48. The van der Waals surface area contributed by atoms with Crippen LogP contribution in [0, 0.1) is 0 Å². The molecule has 1 saturated heterocycles. The summed E-state index contributed by atoms with van der Waals surface area (Å²) < 4.78 is 5.12. The molecule has 0 saturated carbocycles. The maximum absolute atomic E-state index is 6.01. The summed E-state index contributed by atoms with van der Waals surface area (Å²) in [5.74, 6) is 0. The number of halogens is 1. The third-order valence-electron chi connectivity index (χ3n) is 3.77. The zero-order valence-corrected chi connectivity index (χ0v) is 12.1. The van der Waals surface area contributed by atoms with Crippen molar-refractivity contribution in [2.75, 3.05) is 18.4 Å². The Kier molecular flexibility index (Phi) is 4.28. The summed E-state index contributed by atoms with van der Waals surface area (Å²) in [7, 11) is 0. The number of nitrogens with one attached hydrogen (secondary N) is 1. The fourth-order valence-corrected chi connectivity index (χ4v) is 2.88. The molecule has 0 radical (unpaired) electrons. The van der Waals surface area contributed by atoms with Crippen LogP contribution >= 0.6 is 11.6 Å². The van der Waals surface area contributed by atoms with E-state index >= 15 is 0 Å². The number of likely N-dealkylation sites (tertiary alicyclic amines) is 1. The van der Waals surface area contributed by atoms with Crippen LogP contribution in [0.3, 0.4) is 0 Å². The molecule has 1 N–H and O–H groups in total. The Morgan fingerprint density at radius 3 is 2.80 bits per heavy atom. The lowest BCUT2D eigenvalue weighted by Gasteiger charge is -2.32. The van der Waals surface area contributed by atoms with E-state index in [0.29, 0.717) is 6.04 Å². The summed E-state index contributed by atoms with van der Waals surface area (Å²) in [5, 5.41) is 4.36. The number of piperidine rings is 1. The second kappa shape index (κ2) is 6.33. The van der Waals surface area contributed by atoms with Gasteiger partial charge in [-0.15, -0.1) is 0 Å². The molecule has 0 atom stereocenters. The third kappa shape index (κ3) is 3.56. The Morgan fingerprint density at radius 2 is 2.10 bits per heavy atom. The van der Waals surface area contributed by atoms with Gasteiger partial charge in [0.05, 0.1) is 12.5 Å². The van der Waals surface area contributed by atoms with Gasteiger partial charge in [-0.2, -0.15) is 0 Å². The molecule has 0 aliphatic carbocycles. The molecule has 1 aliphatic heterocycles. The lowest BCUT2D eigenvalue weighted by molar-refractivity contribution is 0.211. The average molecular weight is 291 g/mol. The molecule has 1 fully saturated rings. The highest BCUT2D eigenvalue weighted by atomic mass is 35.5. The highest BCUT2D eigenvalue weighted by molar-refractivity contribution is 6.30. The lowest BCUT2D eigenvalue weighted by Crippen LogP contribution is -2.38. The molecule has 4 heteroatoms. The van der Waals surface area contributed by atoms with E-state index in [1.54, 1.807) is 6.26 Å². The first-order valence-corrected chi connectivity index (χ1v) is 7.43. The summed E-state index contributed by atoms with van der Waals surface area (Å²) >= 11 is 6.01. The number of anilines is 1. The van der Waals surface area contributed by atoms with Crippen molar-refractivity contribution in [2.24, 2.45) is 0 Å². The van der Waals surface area contributed by atoms with Crippen molar-refractivity contribution in [3.63, 3.8) is 0 Å². The van der Waals surface area contributed by atoms with Crippen molar-refractivity contribution in [1.82, 2.24) is 4.90 Å². The van der Waals surface area contributed by atoms with Crippen molar-refractivity contribution in [1.29, 1.82) is 0 Å². The third-order valence-corrected chi connectivity index (χ3v) is 4.00. The highest BCUT2D eigenvalue weighted by Crippen LogP contribution is 2.20. The van der Waals surface area contributed by atoms with Gasteiger partial charge in [-0.25, -0.2) is 0 Å².